The van der Waals surface area contributed by atoms with Crippen LogP contribution < -0.4 is 10.1 Å². The van der Waals surface area contributed by atoms with E-state index in [4.69, 9.17) is 4.74 Å². The molecule has 1 unspecified atom stereocenters. The molecule has 1 amide bonds. The minimum absolute atomic E-state index is 0.0651. The van der Waals surface area contributed by atoms with Gasteiger partial charge in [-0.05, 0) is 36.2 Å². The number of hydrogen-bond donors (Lipinski definition) is 1. The van der Waals surface area contributed by atoms with Crippen LogP contribution in [0.25, 0.3) is 10.6 Å². The van der Waals surface area contributed by atoms with Crippen molar-refractivity contribution in [2.75, 3.05) is 7.11 Å². The normalized spacial score (nSPS) is 11.8. The van der Waals surface area contributed by atoms with Gasteiger partial charge in [-0.1, -0.05) is 31.2 Å². The Bertz CT molecular complexity index is 909. The fraction of sp³-hybridized carbons (Fsp3) is 0.238. The lowest BCUT2D eigenvalue weighted by molar-refractivity contribution is -0.121. The molecule has 4 nitrogen and oxygen atoms in total. The second-order valence-corrected chi connectivity index (χ2v) is 6.99. The Hall–Kier alpha value is -2.73. The van der Waals surface area contributed by atoms with Crippen molar-refractivity contribution in [2.45, 2.75) is 25.8 Å². The molecular formula is C21H21FN2O2S. The van der Waals surface area contributed by atoms with E-state index in [2.05, 4.69) is 10.3 Å². The fourth-order valence-electron chi connectivity index (χ4n) is 2.81. The number of hydrogen-bond acceptors (Lipinski definition) is 4. The van der Waals surface area contributed by atoms with Crippen molar-refractivity contribution in [3.63, 3.8) is 0 Å². The van der Waals surface area contributed by atoms with E-state index in [0.717, 1.165) is 23.3 Å². The molecular weight excluding hydrogens is 363 g/mol. The van der Waals surface area contributed by atoms with Gasteiger partial charge in [0, 0.05) is 10.9 Å². The molecule has 0 bridgehead atoms. The Morgan fingerprint density at radius 3 is 2.70 bits per heavy atom. The topological polar surface area (TPSA) is 51.2 Å². The van der Waals surface area contributed by atoms with Crippen molar-refractivity contribution in [1.82, 2.24) is 10.3 Å². The van der Waals surface area contributed by atoms with E-state index < -0.39 is 0 Å². The first-order chi connectivity index (χ1) is 13.1. The third-order valence-corrected chi connectivity index (χ3v) is 5.17. The average molecular weight is 384 g/mol. The van der Waals surface area contributed by atoms with Gasteiger partial charge in [0.25, 0.3) is 0 Å². The molecule has 0 aliphatic carbocycles. The number of carbonyl (C=O) groups excluding carboxylic acids is 1. The number of nitrogens with zero attached hydrogens (tertiary/aromatic N) is 1. The SMILES string of the molecule is CCC(NC(=O)Cc1csc(-c2cccc(F)c2)n1)c1ccc(OC)cc1. The highest BCUT2D eigenvalue weighted by molar-refractivity contribution is 7.13. The van der Waals surface area contributed by atoms with Crippen molar-refractivity contribution in [3.8, 4) is 16.3 Å². The minimum Gasteiger partial charge on any atom is -0.497 e. The minimum atomic E-state index is -0.299. The molecule has 0 saturated carbocycles. The highest BCUT2D eigenvalue weighted by Crippen LogP contribution is 2.25. The number of benzene rings is 2. The number of thiazole rings is 1. The molecule has 0 fully saturated rings. The van der Waals surface area contributed by atoms with Crippen LogP contribution >= 0.6 is 11.3 Å². The second-order valence-electron chi connectivity index (χ2n) is 6.13. The zero-order valence-corrected chi connectivity index (χ0v) is 16.1. The van der Waals surface area contributed by atoms with E-state index in [-0.39, 0.29) is 24.2 Å². The second kappa shape index (κ2) is 8.77. The molecule has 140 valence electrons. The smallest absolute Gasteiger partial charge is 0.226 e. The molecule has 1 N–H and O–H groups in total. The highest BCUT2D eigenvalue weighted by Gasteiger charge is 2.15. The van der Waals surface area contributed by atoms with Crippen molar-refractivity contribution in [2.24, 2.45) is 0 Å². The molecule has 2 aromatic carbocycles. The van der Waals surface area contributed by atoms with Gasteiger partial charge in [0.1, 0.15) is 16.6 Å². The lowest BCUT2D eigenvalue weighted by Crippen LogP contribution is -2.29. The van der Waals surface area contributed by atoms with Crippen LogP contribution in [0.5, 0.6) is 5.75 Å². The van der Waals surface area contributed by atoms with Gasteiger partial charge < -0.3 is 10.1 Å². The maximum Gasteiger partial charge on any atom is 0.226 e. The Labute approximate surface area is 162 Å². The van der Waals surface area contributed by atoms with Crippen molar-refractivity contribution >= 4 is 17.2 Å². The zero-order chi connectivity index (χ0) is 19.2. The maximum absolute atomic E-state index is 13.4. The quantitative estimate of drug-likeness (QED) is 0.638. The fourth-order valence-corrected chi connectivity index (χ4v) is 3.63. The van der Waals surface area contributed by atoms with E-state index in [1.807, 2.05) is 42.6 Å². The van der Waals surface area contributed by atoms with Crippen LogP contribution in [0.15, 0.2) is 53.9 Å². The lowest BCUT2D eigenvalue weighted by atomic mass is 10.0. The van der Waals surface area contributed by atoms with E-state index in [1.54, 1.807) is 13.2 Å². The summed E-state index contributed by atoms with van der Waals surface area (Å²) in [6.45, 7) is 2.03. The molecule has 0 saturated heterocycles. The predicted octanol–water partition coefficient (Wildman–Crippen LogP) is 4.77. The summed E-state index contributed by atoms with van der Waals surface area (Å²) in [5.74, 6) is 0.397. The van der Waals surface area contributed by atoms with Crippen LogP contribution in [0, 0.1) is 5.82 Å². The summed E-state index contributed by atoms with van der Waals surface area (Å²) in [6.07, 6.45) is 0.974. The molecule has 1 atom stereocenters. The highest BCUT2D eigenvalue weighted by atomic mass is 32.1. The summed E-state index contributed by atoms with van der Waals surface area (Å²) < 4.78 is 18.5. The molecule has 0 radical (unpaired) electrons. The molecule has 3 rings (SSSR count). The molecule has 6 heteroatoms. The van der Waals surface area contributed by atoms with Gasteiger partial charge in [0.2, 0.25) is 5.91 Å². The molecule has 0 aliphatic rings. The number of amides is 1. The number of halogens is 1. The number of ether oxygens (including phenoxy) is 1. The van der Waals surface area contributed by atoms with Crippen molar-refractivity contribution in [3.05, 3.63) is 71.0 Å². The van der Waals surface area contributed by atoms with Gasteiger partial charge in [-0.15, -0.1) is 11.3 Å². The summed E-state index contributed by atoms with van der Waals surface area (Å²) in [5.41, 5.74) is 2.43. The predicted molar refractivity (Wildman–Crippen MR) is 105 cm³/mol. The van der Waals surface area contributed by atoms with Crippen LogP contribution in [0.2, 0.25) is 0 Å². The monoisotopic (exact) mass is 384 g/mol. The summed E-state index contributed by atoms with van der Waals surface area (Å²) in [7, 11) is 1.63. The number of rotatable bonds is 7. The average Bonchev–Trinajstić information content (AvgIpc) is 3.14. The summed E-state index contributed by atoms with van der Waals surface area (Å²) in [6, 6.07) is 13.9. The Morgan fingerprint density at radius 2 is 2.04 bits per heavy atom. The van der Waals surface area contributed by atoms with Gasteiger partial charge in [-0.3, -0.25) is 4.79 Å². The molecule has 0 spiro atoms. The van der Waals surface area contributed by atoms with Gasteiger partial charge in [0.15, 0.2) is 0 Å². The van der Waals surface area contributed by atoms with Crippen LogP contribution in [-0.4, -0.2) is 18.0 Å². The van der Waals surface area contributed by atoms with Crippen LogP contribution in [0.1, 0.15) is 30.6 Å². The number of aromatic nitrogens is 1. The Balaban J connectivity index is 1.64. The van der Waals surface area contributed by atoms with Crippen LogP contribution in [0.3, 0.4) is 0 Å². The van der Waals surface area contributed by atoms with Crippen molar-refractivity contribution < 1.29 is 13.9 Å². The standard InChI is InChI=1S/C21H21FN2O2S/c1-3-19(14-7-9-18(26-2)10-8-14)24-20(25)12-17-13-27-21(23-17)15-5-4-6-16(22)11-15/h4-11,13,19H,3,12H2,1-2H3,(H,24,25). The van der Waals surface area contributed by atoms with Gasteiger partial charge >= 0.3 is 0 Å². The molecule has 3 aromatic rings. The van der Waals surface area contributed by atoms with Crippen LogP contribution in [-0.2, 0) is 11.2 Å². The lowest BCUT2D eigenvalue weighted by Gasteiger charge is -2.17. The Kier molecular flexibility index (Phi) is 6.19. The molecule has 0 aliphatic heterocycles. The maximum atomic E-state index is 13.4. The first-order valence-corrected chi connectivity index (χ1v) is 9.60. The number of nitrogens with one attached hydrogen (secondary N) is 1. The number of methoxy groups -OCH3 is 1. The first kappa shape index (κ1) is 19.0. The Morgan fingerprint density at radius 1 is 1.26 bits per heavy atom. The zero-order valence-electron chi connectivity index (χ0n) is 15.2. The van der Waals surface area contributed by atoms with E-state index in [1.165, 1.54) is 23.5 Å². The summed E-state index contributed by atoms with van der Waals surface area (Å²) in [4.78, 5) is 16.9. The van der Waals surface area contributed by atoms with Gasteiger partial charge in [0.05, 0.1) is 25.3 Å². The molecule has 1 heterocycles. The van der Waals surface area contributed by atoms with E-state index >= 15 is 0 Å². The number of carbonyl (C=O) groups is 1. The summed E-state index contributed by atoms with van der Waals surface area (Å²) >= 11 is 1.41. The largest absolute Gasteiger partial charge is 0.497 e. The van der Waals surface area contributed by atoms with Gasteiger partial charge in [-0.25, -0.2) is 9.37 Å². The van der Waals surface area contributed by atoms with Gasteiger partial charge in [-0.2, -0.15) is 0 Å². The van der Waals surface area contributed by atoms with Crippen LogP contribution in [0.4, 0.5) is 4.39 Å². The van der Waals surface area contributed by atoms with Crippen molar-refractivity contribution in [1.29, 1.82) is 0 Å². The van der Waals surface area contributed by atoms with E-state index in [9.17, 15) is 9.18 Å². The third-order valence-electron chi connectivity index (χ3n) is 4.23. The third kappa shape index (κ3) is 4.92. The first-order valence-electron chi connectivity index (χ1n) is 8.72. The molecule has 27 heavy (non-hydrogen) atoms. The molecule has 1 aromatic heterocycles. The van der Waals surface area contributed by atoms with E-state index in [0.29, 0.717) is 10.7 Å². The summed E-state index contributed by atoms with van der Waals surface area (Å²) in [5, 5.41) is 5.60.